The molecule has 1 atom stereocenters. The number of piperazine rings is 1. The smallest absolute Gasteiger partial charge is 0.226 e. The van der Waals surface area contributed by atoms with Crippen molar-refractivity contribution in [1.82, 2.24) is 15.5 Å². The molecule has 1 amide bonds. The molecule has 0 aliphatic carbocycles. The fraction of sp³-hybridized carbons (Fsp3) is 0.923. The molecule has 17 heavy (non-hydrogen) atoms. The summed E-state index contributed by atoms with van der Waals surface area (Å²) in [5, 5.41) is 6.68. The van der Waals surface area contributed by atoms with Crippen LogP contribution in [0.1, 0.15) is 26.2 Å². The molecule has 0 aromatic heterocycles. The van der Waals surface area contributed by atoms with Crippen LogP contribution in [0.2, 0.25) is 0 Å². The van der Waals surface area contributed by atoms with Crippen LogP contribution in [0.25, 0.3) is 0 Å². The number of nitrogens with zero attached hydrogens (tertiary/aromatic N) is 1. The molecule has 2 heterocycles. The number of nitrogens with one attached hydrogen (secondary N) is 2. The molecule has 0 aromatic rings. The van der Waals surface area contributed by atoms with Crippen molar-refractivity contribution in [3.05, 3.63) is 0 Å². The molecule has 98 valence electrons. The number of hydrogen-bond acceptors (Lipinski definition) is 3. The summed E-state index contributed by atoms with van der Waals surface area (Å²) in [6, 6.07) is 0. The maximum Gasteiger partial charge on any atom is 0.226 e. The molecular weight excluding hydrogens is 214 g/mol. The lowest BCUT2D eigenvalue weighted by atomic mass is 9.82. The summed E-state index contributed by atoms with van der Waals surface area (Å²) in [6.45, 7) is 8.00. The SMILES string of the molecule is CCC(C(=O)N1CCNCC1)C1CCNCC1. The monoisotopic (exact) mass is 239 g/mol. The summed E-state index contributed by atoms with van der Waals surface area (Å²) in [7, 11) is 0. The summed E-state index contributed by atoms with van der Waals surface area (Å²) in [5.74, 6) is 1.26. The van der Waals surface area contributed by atoms with Crippen LogP contribution in [0.4, 0.5) is 0 Å². The largest absolute Gasteiger partial charge is 0.340 e. The Morgan fingerprint density at radius 3 is 2.35 bits per heavy atom. The highest BCUT2D eigenvalue weighted by molar-refractivity contribution is 5.79. The Morgan fingerprint density at radius 1 is 1.18 bits per heavy atom. The van der Waals surface area contributed by atoms with Gasteiger partial charge in [0.2, 0.25) is 5.91 Å². The number of hydrogen-bond donors (Lipinski definition) is 2. The highest BCUT2D eigenvalue weighted by Crippen LogP contribution is 2.26. The van der Waals surface area contributed by atoms with E-state index in [1.165, 1.54) is 0 Å². The van der Waals surface area contributed by atoms with Crippen molar-refractivity contribution in [2.45, 2.75) is 26.2 Å². The third-order valence-corrected chi connectivity index (χ3v) is 4.14. The summed E-state index contributed by atoms with van der Waals surface area (Å²) >= 11 is 0. The van der Waals surface area contributed by atoms with E-state index < -0.39 is 0 Å². The van der Waals surface area contributed by atoms with E-state index in [0.717, 1.165) is 58.5 Å². The lowest BCUT2D eigenvalue weighted by molar-refractivity contribution is -0.138. The van der Waals surface area contributed by atoms with E-state index in [1.54, 1.807) is 0 Å². The standard InChI is InChI=1S/C13H25N3O/c1-2-12(11-3-5-14-6-4-11)13(17)16-9-7-15-8-10-16/h11-12,14-15H,2-10H2,1H3. The summed E-state index contributed by atoms with van der Waals surface area (Å²) in [6.07, 6.45) is 3.32. The van der Waals surface area contributed by atoms with Crippen LogP contribution in [0, 0.1) is 11.8 Å². The first-order chi connectivity index (χ1) is 8.33. The van der Waals surface area contributed by atoms with Gasteiger partial charge in [-0.15, -0.1) is 0 Å². The number of amides is 1. The predicted octanol–water partition coefficient (Wildman–Crippen LogP) is 0.444. The van der Waals surface area contributed by atoms with Crippen LogP contribution in [0.15, 0.2) is 0 Å². The molecule has 2 saturated heterocycles. The van der Waals surface area contributed by atoms with Gasteiger partial charge in [-0.3, -0.25) is 4.79 Å². The zero-order valence-corrected chi connectivity index (χ0v) is 10.9. The molecule has 2 N–H and O–H groups in total. The number of rotatable bonds is 3. The molecule has 2 rings (SSSR count). The predicted molar refractivity (Wildman–Crippen MR) is 68.8 cm³/mol. The fourth-order valence-electron chi connectivity index (χ4n) is 3.08. The molecule has 4 nitrogen and oxygen atoms in total. The Hall–Kier alpha value is -0.610. The number of piperidine rings is 1. The minimum atomic E-state index is 0.259. The maximum atomic E-state index is 12.5. The molecule has 0 aromatic carbocycles. The van der Waals surface area contributed by atoms with E-state index in [9.17, 15) is 4.79 Å². The first-order valence-corrected chi connectivity index (χ1v) is 7.03. The van der Waals surface area contributed by atoms with Crippen molar-refractivity contribution >= 4 is 5.91 Å². The van der Waals surface area contributed by atoms with E-state index in [0.29, 0.717) is 11.8 Å². The van der Waals surface area contributed by atoms with Crippen molar-refractivity contribution in [1.29, 1.82) is 0 Å². The third kappa shape index (κ3) is 3.19. The van der Waals surface area contributed by atoms with Gasteiger partial charge in [0.25, 0.3) is 0 Å². The van der Waals surface area contributed by atoms with Crippen molar-refractivity contribution in [3.8, 4) is 0 Å². The van der Waals surface area contributed by atoms with E-state index >= 15 is 0 Å². The van der Waals surface area contributed by atoms with Gasteiger partial charge in [0.1, 0.15) is 0 Å². The normalized spacial score (nSPS) is 24.6. The van der Waals surface area contributed by atoms with Gasteiger partial charge in [-0.1, -0.05) is 6.92 Å². The molecule has 4 heteroatoms. The molecule has 0 radical (unpaired) electrons. The maximum absolute atomic E-state index is 12.5. The van der Waals surface area contributed by atoms with Crippen LogP contribution in [-0.2, 0) is 4.79 Å². The quantitative estimate of drug-likeness (QED) is 0.751. The average Bonchev–Trinajstić information content (AvgIpc) is 2.42. The van der Waals surface area contributed by atoms with Gasteiger partial charge in [0.05, 0.1) is 0 Å². The highest BCUT2D eigenvalue weighted by atomic mass is 16.2. The lowest BCUT2D eigenvalue weighted by Gasteiger charge is -2.35. The van der Waals surface area contributed by atoms with Crippen molar-refractivity contribution in [2.75, 3.05) is 39.3 Å². The summed E-state index contributed by atoms with van der Waals surface area (Å²) < 4.78 is 0. The minimum absolute atomic E-state index is 0.259. The Kier molecular flexibility index (Phi) is 4.80. The van der Waals surface area contributed by atoms with Crippen LogP contribution >= 0.6 is 0 Å². The molecule has 2 aliphatic rings. The van der Waals surface area contributed by atoms with Crippen molar-refractivity contribution in [3.63, 3.8) is 0 Å². The van der Waals surface area contributed by atoms with E-state index in [1.807, 2.05) is 0 Å². The number of carbonyl (C=O) groups excluding carboxylic acids is 1. The van der Waals surface area contributed by atoms with Gasteiger partial charge in [-0.2, -0.15) is 0 Å². The second kappa shape index (κ2) is 6.36. The Bertz CT molecular complexity index is 245. The second-order valence-corrected chi connectivity index (χ2v) is 5.18. The zero-order valence-electron chi connectivity index (χ0n) is 10.9. The van der Waals surface area contributed by atoms with Crippen molar-refractivity contribution in [2.24, 2.45) is 11.8 Å². The van der Waals surface area contributed by atoms with Crippen LogP contribution in [0.5, 0.6) is 0 Å². The minimum Gasteiger partial charge on any atom is -0.340 e. The van der Waals surface area contributed by atoms with Gasteiger partial charge >= 0.3 is 0 Å². The number of carbonyl (C=O) groups is 1. The molecule has 1 unspecified atom stereocenters. The first-order valence-electron chi connectivity index (χ1n) is 7.03. The van der Waals surface area contributed by atoms with Gasteiger partial charge in [0, 0.05) is 32.1 Å². The van der Waals surface area contributed by atoms with Gasteiger partial charge in [-0.25, -0.2) is 0 Å². The van der Waals surface area contributed by atoms with E-state index in [4.69, 9.17) is 0 Å². The zero-order chi connectivity index (χ0) is 12.1. The van der Waals surface area contributed by atoms with Crippen molar-refractivity contribution < 1.29 is 4.79 Å². The average molecular weight is 239 g/mol. The van der Waals surface area contributed by atoms with Crippen LogP contribution in [-0.4, -0.2) is 50.1 Å². The van der Waals surface area contributed by atoms with Gasteiger partial charge in [-0.05, 0) is 38.3 Å². The first kappa shape index (κ1) is 12.8. The molecular formula is C13H25N3O. The highest BCUT2D eigenvalue weighted by Gasteiger charge is 2.31. The summed E-state index contributed by atoms with van der Waals surface area (Å²) in [4.78, 5) is 14.6. The lowest BCUT2D eigenvalue weighted by Crippen LogP contribution is -2.50. The van der Waals surface area contributed by atoms with Crippen LogP contribution < -0.4 is 10.6 Å². The molecule has 0 spiro atoms. The van der Waals surface area contributed by atoms with E-state index in [-0.39, 0.29) is 5.92 Å². The van der Waals surface area contributed by atoms with E-state index in [2.05, 4.69) is 22.5 Å². The topological polar surface area (TPSA) is 44.4 Å². The second-order valence-electron chi connectivity index (χ2n) is 5.18. The van der Waals surface area contributed by atoms with Gasteiger partial charge in [0.15, 0.2) is 0 Å². The Morgan fingerprint density at radius 2 is 1.76 bits per heavy atom. The molecule has 0 saturated carbocycles. The van der Waals surface area contributed by atoms with Gasteiger partial charge < -0.3 is 15.5 Å². The summed E-state index contributed by atoms with van der Waals surface area (Å²) in [5.41, 5.74) is 0. The molecule has 2 aliphatic heterocycles. The third-order valence-electron chi connectivity index (χ3n) is 4.14. The van der Waals surface area contributed by atoms with Crippen LogP contribution in [0.3, 0.4) is 0 Å². The Balaban J connectivity index is 1.93. The Labute approximate surface area is 104 Å². The fourth-order valence-corrected chi connectivity index (χ4v) is 3.08. The molecule has 2 fully saturated rings. The molecule has 0 bridgehead atoms.